The van der Waals surface area contributed by atoms with Crippen molar-refractivity contribution < 1.29 is 4.42 Å². The van der Waals surface area contributed by atoms with Crippen LogP contribution in [-0.4, -0.2) is 9.97 Å². The SMILES string of the molecule is Cc1c(NCc2ccccc2)nc(N)nc1-c1ccco1. The second kappa shape index (κ2) is 5.66. The molecule has 0 bridgehead atoms. The number of nitrogens with one attached hydrogen (secondary N) is 1. The summed E-state index contributed by atoms with van der Waals surface area (Å²) < 4.78 is 5.40. The molecule has 0 fully saturated rings. The number of benzene rings is 1. The second-order valence-electron chi connectivity index (χ2n) is 4.72. The topological polar surface area (TPSA) is 77.0 Å². The molecule has 1 aromatic carbocycles. The lowest BCUT2D eigenvalue weighted by Crippen LogP contribution is -2.08. The van der Waals surface area contributed by atoms with Crippen molar-refractivity contribution in [2.45, 2.75) is 13.5 Å². The fraction of sp³-hybridized carbons (Fsp3) is 0.125. The molecule has 0 atom stereocenters. The minimum atomic E-state index is 0.225. The minimum Gasteiger partial charge on any atom is -0.463 e. The predicted octanol–water partition coefficient (Wildman–Crippen LogP) is 3.24. The number of nitrogens with two attached hydrogens (primary N) is 1. The molecule has 0 amide bonds. The van der Waals surface area contributed by atoms with Gasteiger partial charge in [-0.1, -0.05) is 30.3 Å². The normalized spacial score (nSPS) is 10.5. The van der Waals surface area contributed by atoms with E-state index < -0.39 is 0 Å². The molecule has 2 aromatic heterocycles. The molecular formula is C16H16N4O. The molecule has 3 aromatic rings. The average molecular weight is 280 g/mol. The minimum absolute atomic E-state index is 0.225. The molecule has 106 valence electrons. The van der Waals surface area contributed by atoms with Gasteiger partial charge in [0, 0.05) is 12.1 Å². The van der Waals surface area contributed by atoms with Crippen molar-refractivity contribution in [1.82, 2.24) is 9.97 Å². The van der Waals surface area contributed by atoms with Crippen molar-refractivity contribution >= 4 is 11.8 Å². The quantitative estimate of drug-likeness (QED) is 0.767. The summed E-state index contributed by atoms with van der Waals surface area (Å²) in [5.41, 5.74) is 8.60. The number of hydrogen-bond acceptors (Lipinski definition) is 5. The largest absolute Gasteiger partial charge is 0.463 e. The summed E-state index contributed by atoms with van der Waals surface area (Å²) in [5.74, 6) is 1.63. The predicted molar refractivity (Wildman–Crippen MR) is 82.7 cm³/mol. The highest BCUT2D eigenvalue weighted by atomic mass is 16.3. The van der Waals surface area contributed by atoms with E-state index in [9.17, 15) is 0 Å². The van der Waals surface area contributed by atoms with Crippen molar-refractivity contribution in [3.8, 4) is 11.5 Å². The Morgan fingerprint density at radius 1 is 1.10 bits per heavy atom. The van der Waals surface area contributed by atoms with Gasteiger partial charge in [-0.05, 0) is 24.6 Å². The first-order valence-corrected chi connectivity index (χ1v) is 6.70. The van der Waals surface area contributed by atoms with Gasteiger partial charge in [0.2, 0.25) is 5.95 Å². The first-order valence-electron chi connectivity index (χ1n) is 6.70. The molecule has 3 rings (SSSR count). The van der Waals surface area contributed by atoms with E-state index in [1.165, 1.54) is 5.56 Å². The van der Waals surface area contributed by atoms with Gasteiger partial charge in [-0.3, -0.25) is 0 Å². The Kier molecular flexibility index (Phi) is 3.55. The van der Waals surface area contributed by atoms with Gasteiger partial charge in [0.15, 0.2) is 5.76 Å². The molecule has 0 radical (unpaired) electrons. The van der Waals surface area contributed by atoms with E-state index in [0.717, 1.165) is 11.4 Å². The van der Waals surface area contributed by atoms with Gasteiger partial charge in [-0.25, -0.2) is 4.98 Å². The van der Waals surface area contributed by atoms with Gasteiger partial charge in [0.25, 0.3) is 0 Å². The Bertz CT molecular complexity index is 724. The molecule has 0 saturated heterocycles. The average Bonchev–Trinajstić information content (AvgIpc) is 3.03. The molecule has 0 aliphatic carbocycles. The molecule has 0 aliphatic rings. The smallest absolute Gasteiger partial charge is 0.222 e. The standard InChI is InChI=1S/C16H16N4O/c1-11-14(13-8-5-9-21-13)19-16(17)20-15(11)18-10-12-6-3-2-4-7-12/h2-9H,10H2,1H3,(H3,17,18,19,20). The van der Waals surface area contributed by atoms with Crippen LogP contribution >= 0.6 is 0 Å². The lowest BCUT2D eigenvalue weighted by atomic mass is 10.2. The van der Waals surface area contributed by atoms with E-state index in [1.807, 2.05) is 37.3 Å². The highest BCUT2D eigenvalue weighted by Crippen LogP contribution is 2.26. The first kappa shape index (κ1) is 13.2. The summed E-state index contributed by atoms with van der Waals surface area (Å²) >= 11 is 0. The Labute approximate surface area is 122 Å². The van der Waals surface area contributed by atoms with Crippen molar-refractivity contribution in [3.05, 3.63) is 59.9 Å². The fourth-order valence-electron chi connectivity index (χ4n) is 2.14. The Morgan fingerprint density at radius 3 is 2.62 bits per heavy atom. The lowest BCUT2D eigenvalue weighted by molar-refractivity contribution is 0.579. The Balaban J connectivity index is 1.89. The van der Waals surface area contributed by atoms with Gasteiger partial charge < -0.3 is 15.5 Å². The van der Waals surface area contributed by atoms with Crippen LogP contribution in [0.25, 0.3) is 11.5 Å². The van der Waals surface area contributed by atoms with Crippen LogP contribution in [0.3, 0.4) is 0 Å². The number of furan rings is 1. The monoisotopic (exact) mass is 280 g/mol. The van der Waals surface area contributed by atoms with Crippen LogP contribution in [0.2, 0.25) is 0 Å². The van der Waals surface area contributed by atoms with E-state index in [0.29, 0.717) is 18.0 Å². The number of aromatic nitrogens is 2. The molecule has 0 aliphatic heterocycles. The molecule has 0 spiro atoms. The summed E-state index contributed by atoms with van der Waals surface area (Å²) in [5, 5.41) is 3.30. The maximum atomic E-state index is 5.80. The zero-order valence-corrected chi connectivity index (χ0v) is 11.7. The fourth-order valence-corrected chi connectivity index (χ4v) is 2.14. The molecule has 2 heterocycles. The molecule has 0 saturated carbocycles. The van der Waals surface area contributed by atoms with Gasteiger partial charge >= 0.3 is 0 Å². The summed E-state index contributed by atoms with van der Waals surface area (Å²) in [6.07, 6.45) is 1.62. The van der Waals surface area contributed by atoms with Gasteiger partial charge in [0.1, 0.15) is 11.5 Å². The van der Waals surface area contributed by atoms with Crippen molar-refractivity contribution in [3.63, 3.8) is 0 Å². The lowest BCUT2D eigenvalue weighted by Gasteiger charge is -2.11. The highest BCUT2D eigenvalue weighted by molar-refractivity contribution is 5.65. The van der Waals surface area contributed by atoms with Crippen LogP contribution in [0.15, 0.2) is 53.1 Å². The van der Waals surface area contributed by atoms with Crippen molar-refractivity contribution in [1.29, 1.82) is 0 Å². The van der Waals surface area contributed by atoms with Gasteiger partial charge in [0.05, 0.1) is 6.26 Å². The number of anilines is 2. The number of hydrogen-bond donors (Lipinski definition) is 2. The maximum Gasteiger partial charge on any atom is 0.222 e. The van der Waals surface area contributed by atoms with Crippen LogP contribution in [0.4, 0.5) is 11.8 Å². The zero-order valence-electron chi connectivity index (χ0n) is 11.7. The van der Waals surface area contributed by atoms with Crippen LogP contribution < -0.4 is 11.1 Å². The number of rotatable bonds is 4. The second-order valence-corrected chi connectivity index (χ2v) is 4.72. The number of nitrogens with zero attached hydrogens (tertiary/aromatic N) is 2. The number of nitrogen functional groups attached to an aromatic ring is 1. The maximum absolute atomic E-state index is 5.80. The Hall–Kier alpha value is -2.82. The van der Waals surface area contributed by atoms with E-state index in [1.54, 1.807) is 6.26 Å². The van der Waals surface area contributed by atoms with Crippen LogP contribution in [0.1, 0.15) is 11.1 Å². The third-order valence-electron chi connectivity index (χ3n) is 3.22. The summed E-state index contributed by atoms with van der Waals surface area (Å²) in [6, 6.07) is 13.8. The molecule has 21 heavy (non-hydrogen) atoms. The van der Waals surface area contributed by atoms with Crippen LogP contribution in [0.5, 0.6) is 0 Å². The van der Waals surface area contributed by atoms with Crippen molar-refractivity contribution in [2.24, 2.45) is 0 Å². The van der Waals surface area contributed by atoms with Gasteiger partial charge in [-0.15, -0.1) is 0 Å². The molecular weight excluding hydrogens is 264 g/mol. The molecule has 5 nitrogen and oxygen atoms in total. The van der Waals surface area contributed by atoms with Crippen LogP contribution in [-0.2, 0) is 6.54 Å². The first-order chi connectivity index (χ1) is 10.2. The van der Waals surface area contributed by atoms with E-state index in [4.69, 9.17) is 10.2 Å². The van der Waals surface area contributed by atoms with Gasteiger partial charge in [-0.2, -0.15) is 4.98 Å². The van der Waals surface area contributed by atoms with Crippen molar-refractivity contribution in [2.75, 3.05) is 11.1 Å². The third-order valence-corrected chi connectivity index (χ3v) is 3.22. The molecule has 5 heteroatoms. The molecule has 3 N–H and O–H groups in total. The zero-order chi connectivity index (χ0) is 14.7. The summed E-state index contributed by atoms with van der Waals surface area (Å²) in [6.45, 7) is 2.63. The van der Waals surface area contributed by atoms with Crippen LogP contribution in [0, 0.1) is 6.92 Å². The highest BCUT2D eigenvalue weighted by Gasteiger charge is 2.13. The molecule has 0 unspecified atom stereocenters. The van der Waals surface area contributed by atoms with E-state index in [2.05, 4.69) is 27.4 Å². The van der Waals surface area contributed by atoms with E-state index >= 15 is 0 Å². The third kappa shape index (κ3) is 2.86. The Morgan fingerprint density at radius 2 is 1.90 bits per heavy atom. The van der Waals surface area contributed by atoms with E-state index in [-0.39, 0.29) is 5.95 Å². The summed E-state index contributed by atoms with van der Waals surface area (Å²) in [4.78, 5) is 8.54. The summed E-state index contributed by atoms with van der Waals surface area (Å²) in [7, 11) is 0.